The monoisotopic (exact) mass is 205 g/mol. The first kappa shape index (κ1) is 11.3. The summed E-state index contributed by atoms with van der Waals surface area (Å²) in [5.41, 5.74) is 9.59. The number of esters is 1. The number of benzene rings is 1. The van der Waals surface area contributed by atoms with Crippen molar-refractivity contribution < 1.29 is 9.53 Å². The molecule has 3 nitrogen and oxygen atoms in total. The molecule has 80 valence electrons. The Hall–Kier alpha value is -1.77. The van der Waals surface area contributed by atoms with Crippen molar-refractivity contribution in [2.24, 2.45) is 0 Å². The molecule has 1 rings (SSSR count). The van der Waals surface area contributed by atoms with Gasteiger partial charge in [0.25, 0.3) is 0 Å². The maximum Gasteiger partial charge on any atom is 0.330 e. The standard InChI is InChI=1S/C12H15NO2/c1-8-6-10(4-5-11(14)15-3)7-9(2)12(8)13/h4-7H,13H2,1-3H3/b5-4+. The molecular formula is C12H15NO2. The van der Waals surface area contributed by atoms with Crippen molar-refractivity contribution in [3.8, 4) is 0 Å². The molecule has 0 aliphatic carbocycles. The summed E-state index contributed by atoms with van der Waals surface area (Å²) in [5.74, 6) is -0.359. The number of rotatable bonds is 2. The lowest BCUT2D eigenvalue weighted by Gasteiger charge is -2.05. The molecule has 0 aliphatic rings. The molecule has 0 amide bonds. The fourth-order valence-electron chi connectivity index (χ4n) is 1.34. The molecule has 0 saturated heterocycles. The van der Waals surface area contributed by atoms with Crippen LogP contribution in [0.2, 0.25) is 0 Å². The third kappa shape index (κ3) is 2.84. The van der Waals surface area contributed by atoms with E-state index in [1.165, 1.54) is 13.2 Å². The van der Waals surface area contributed by atoms with Gasteiger partial charge < -0.3 is 10.5 Å². The minimum atomic E-state index is -0.359. The molecular weight excluding hydrogens is 190 g/mol. The van der Waals surface area contributed by atoms with Crippen LogP contribution in [0.1, 0.15) is 16.7 Å². The lowest BCUT2D eigenvalue weighted by atomic mass is 10.0. The van der Waals surface area contributed by atoms with Gasteiger partial charge in [0.2, 0.25) is 0 Å². The predicted molar refractivity (Wildman–Crippen MR) is 61.4 cm³/mol. The lowest BCUT2D eigenvalue weighted by molar-refractivity contribution is -0.134. The first-order valence-corrected chi connectivity index (χ1v) is 4.67. The minimum absolute atomic E-state index is 0.359. The summed E-state index contributed by atoms with van der Waals surface area (Å²) in [5, 5.41) is 0. The zero-order valence-electron chi connectivity index (χ0n) is 9.20. The fourth-order valence-corrected chi connectivity index (χ4v) is 1.34. The number of hydrogen-bond donors (Lipinski definition) is 1. The Labute approximate surface area is 89.5 Å². The van der Waals surface area contributed by atoms with Gasteiger partial charge in [0.05, 0.1) is 7.11 Å². The minimum Gasteiger partial charge on any atom is -0.466 e. The van der Waals surface area contributed by atoms with Gasteiger partial charge in [0.1, 0.15) is 0 Å². The highest BCUT2D eigenvalue weighted by atomic mass is 16.5. The van der Waals surface area contributed by atoms with E-state index in [0.29, 0.717) is 0 Å². The van der Waals surface area contributed by atoms with Gasteiger partial charge in [0, 0.05) is 11.8 Å². The highest BCUT2D eigenvalue weighted by molar-refractivity contribution is 5.87. The summed E-state index contributed by atoms with van der Waals surface area (Å²) in [6.45, 7) is 3.88. The van der Waals surface area contributed by atoms with Crippen molar-refractivity contribution in [3.63, 3.8) is 0 Å². The number of nitrogen functional groups attached to an aromatic ring is 1. The molecule has 3 heteroatoms. The molecule has 0 saturated carbocycles. The summed E-state index contributed by atoms with van der Waals surface area (Å²) in [6, 6.07) is 3.86. The zero-order chi connectivity index (χ0) is 11.4. The van der Waals surface area contributed by atoms with Crippen molar-refractivity contribution in [2.75, 3.05) is 12.8 Å². The van der Waals surface area contributed by atoms with Crippen LogP contribution in [0.5, 0.6) is 0 Å². The van der Waals surface area contributed by atoms with Crippen LogP contribution in [0.15, 0.2) is 18.2 Å². The van der Waals surface area contributed by atoms with E-state index in [4.69, 9.17) is 5.73 Å². The van der Waals surface area contributed by atoms with Crippen molar-refractivity contribution in [1.29, 1.82) is 0 Å². The van der Waals surface area contributed by atoms with Gasteiger partial charge in [-0.05, 0) is 48.7 Å². The molecule has 0 fully saturated rings. The zero-order valence-corrected chi connectivity index (χ0v) is 9.20. The molecule has 1 aromatic carbocycles. The van der Waals surface area contributed by atoms with Gasteiger partial charge in [-0.15, -0.1) is 0 Å². The number of ether oxygens (including phenoxy) is 1. The largest absolute Gasteiger partial charge is 0.466 e. The molecule has 0 unspecified atom stereocenters. The molecule has 15 heavy (non-hydrogen) atoms. The number of anilines is 1. The van der Waals surface area contributed by atoms with Gasteiger partial charge in [-0.1, -0.05) is 0 Å². The van der Waals surface area contributed by atoms with Crippen LogP contribution in [0, 0.1) is 13.8 Å². The second-order valence-corrected chi connectivity index (χ2v) is 3.42. The SMILES string of the molecule is COC(=O)/C=C/c1cc(C)c(N)c(C)c1. The molecule has 0 aliphatic heterocycles. The van der Waals surface area contributed by atoms with Gasteiger partial charge in [-0.25, -0.2) is 4.79 Å². The summed E-state index contributed by atoms with van der Waals surface area (Å²) in [7, 11) is 1.35. The molecule has 0 aromatic heterocycles. The normalized spacial score (nSPS) is 10.6. The summed E-state index contributed by atoms with van der Waals surface area (Å²) in [6.07, 6.45) is 3.11. The molecule has 0 bridgehead atoms. The predicted octanol–water partition coefficient (Wildman–Crippen LogP) is 2.07. The molecule has 2 N–H and O–H groups in total. The Balaban J connectivity index is 2.97. The van der Waals surface area contributed by atoms with E-state index in [1.807, 2.05) is 26.0 Å². The molecule has 0 atom stereocenters. The highest BCUT2D eigenvalue weighted by Gasteiger charge is 2.00. The van der Waals surface area contributed by atoms with Crippen LogP contribution < -0.4 is 5.73 Å². The second-order valence-electron chi connectivity index (χ2n) is 3.42. The van der Waals surface area contributed by atoms with Crippen LogP contribution in [0.3, 0.4) is 0 Å². The summed E-state index contributed by atoms with van der Waals surface area (Å²) in [4.78, 5) is 10.9. The average Bonchev–Trinajstić information content (AvgIpc) is 2.22. The van der Waals surface area contributed by atoms with Gasteiger partial charge in [-0.3, -0.25) is 0 Å². The molecule has 1 aromatic rings. The van der Waals surface area contributed by atoms with E-state index in [1.54, 1.807) is 6.08 Å². The summed E-state index contributed by atoms with van der Waals surface area (Å²) >= 11 is 0. The number of carbonyl (C=O) groups excluding carboxylic acids is 1. The topological polar surface area (TPSA) is 52.3 Å². The lowest BCUT2D eigenvalue weighted by Crippen LogP contribution is -1.95. The Morgan fingerprint density at radius 3 is 2.33 bits per heavy atom. The van der Waals surface area contributed by atoms with E-state index in [2.05, 4.69) is 4.74 Å². The van der Waals surface area contributed by atoms with E-state index >= 15 is 0 Å². The highest BCUT2D eigenvalue weighted by Crippen LogP contribution is 2.19. The Morgan fingerprint density at radius 1 is 1.33 bits per heavy atom. The third-order valence-electron chi connectivity index (χ3n) is 2.23. The van der Waals surface area contributed by atoms with Crippen molar-refractivity contribution in [2.45, 2.75) is 13.8 Å². The third-order valence-corrected chi connectivity index (χ3v) is 2.23. The average molecular weight is 205 g/mol. The molecule has 0 radical (unpaired) electrons. The van der Waals surface area contributed by atoms with Crippen LogP contribution in [-0.2, 0) is 9.53 Å². The van der Waals surface area contributed by atoms with Crippen molar-refractivity contribution in [1.82, 2.24) is 0 Å². The second kappa shape index (κ2) is 4.64. The van der Waals surface area contributed by atoms with Crippen LogP contribution >= 0.6 is 0 Å². The van der Waals surface area contributed by atoms with E-state index in [0.717, 1.165) is 22.4 Å². The Morgan fingerprint density at radius 2 is 1.87 bits per heavy atom. The van der Waals surface area contributed by atoms with E-state index in [9.17, 15) is 4.79 Å². The van der Waals surface area contributed by atoms with Crippen molar-refractivity contribution in [3.05, 3.63) is 34.9 Å². The molecule has 0 spiro atoms. The fraction of sp³-hybridized carbons (Fsp3) is 0.250. The van der Waals surface area contributed by atoms with Crippen molar-refractivity contribution >= 4 is 17.7 Å². The van der Waals surface area contributed by atoms with E-state index < -0.39 is 0 Å². The number of methoxy groups -OCH3 is 1. The van der Waals surface area contributed by atoms with Crippen LogP contribution in [0.25, 0.3) is 6.08 Å². The quantitative estimate of drug-likeness (QED) is 0.457. The molecule has 0 heterocycles. The Kier molecular flexibility index (Phi) is 3.50. The first-order valence-electron chi connectivity index (χ1n) is 4.67. The van der Waals surface area contributed by atoms with Gasteiger partial charge in [0.15, 0.2) is 0 Å². The van der Waals surface area contributed by atoms with Gasteiger partial charge in [-0.2, -0.15) is 0 Å². The first-order chi connectivity index (χ1) is 7.04. The maximum atomic E-state index is 10.9. The number of aryl methyl sites for hydroxylation is 2. The Bertz CT molecular complexity index is 385. The summed E-state index contributed by atoms with van der Waals surface area (Å²) < 4.78 is 4.51. The van der Waals surface area contributed by atoms with Crippen LogP contribution in [0.4, 0.5) is 5.69 Å². The maximum absolute atomic E-state index is 10.9. The number of nitrogens with two attached hydrogens (primary N) is 1. The van der Waals surface area contributed by atoms with Gasteiger partial charge >= 0.3 is 5.97 Å². The number of hydrogen-bond acceptors (Lipinski definition) is 3. The van der Waals surface area contributed by atoms with Crippen LogP contribution in [-0.4, -0.2) is 13.1 Å². The van der Waals surface area contributed by atoms with E-state index in [-0.39, 0.29) is 5.97 Å². The smallest absolute Gasteiger partial charge is 0.330 e. The number of carbonyl (C=O) groups is 1.